The van der Waals surface area contributed by atoms with E-state index in [2.05, 4.69) is 0 Å². The molecule has 7 nitrogen and oxygen atoms in total. The fourth-order valence-electron chi connectivity index (χ4n) is 1.96. The third kappa shape index (κ3) is 5.42. The first kappa shape index (κ1) is 21.8. The lowest BCUT2D eigenvalue weighted by atomic mass is 10.0. The Hall–Kier alpha value is -1.22. The van der Waals surface area contributed by atoms with E-state index in [4.69, 9.17) is 5.73 Å². The molecule has 0 heterocycles. The van der Waals surface area contributed by atoms with Crippen LogP contribution in [0.25, 0.3) is 0 Å². The Morgan fingerprint density at radius 1 is 1.35 bits per heavy atom. The Kier molecular flexibility index (Phi) is 8.13. The smallest absolute Gasteiger partial charge is 0.272 e. The third-order valence-electron chi connectivity index (χ3n) is 3.71. The largest absolute Gasteiger partial charge is 0.327 e. The molecule has 0 spiro atoms. The summed E-state index contributed by atoms with van der Waals surface area (Å²) in [5.74, 6) is 0.276. The molecule has 1 aromatic rings. The third-order valence-corrected chi connectivity index (χ3v) is 5.56. The fraction of sp³-hybridized carbons (Fsp3) is 0.571. The van der Waals surface area contributed by atoms with Crippen molar-refractivity contribution in [2.45, 2.75) is 38.1 Å². The quantitative estimate of drug-likeness (QED) is 0.589. The molecule has 9 heteroatoms. The topological polar surface area (TPSA) is 107 Å². The molecule has 1 unspecified atom stereocenters. The summed E-state index contributed by atoms with van der Waals surface area (Å²) >= 11 is 0. The molecule has 0 aliphatic rings. The van der Waals surface area contributed by atoms with Crippen molar-refractivity contribution >= 4 is 28.1 Å². The SMILES string of the molecule is Cc1cc(S(=O)(=O)N(C)CCC(N)C(C)C)ccc1[N+](=O)[O-].Cl. The van der Waals surface area contributed by atoms with Crippen LogP contribution in [0.1, 0.15) is 25.8 Å². The fourth-order valence-corrected chi connectivity index (χ4v) is 3.23. The van der Waals surface area contributed by atoms with E-state index >= 15 is 0 Å². The number of halogens is 1. The van der Waals surface area contributed by atoms with E-state index in [1.165, 1.54) is 36.5 Å². The molecule has 0 aromatic heterocycles. The number of sulfonamides is 1. The van der Waals surface area contributed by atoms with Gasteiger partial charge in [-0.1, -0.05) is 13.8 Å². The minimum absolute atomic E-state index is 0. The molecule has 0 aliphatic heterocycles. The van der Waals surface area contributed by atoms with Crippen LogP contribution in [0.5, 0.6) is 0 Å². The monoisotopic (exact) mass is 365 g/mol. The van der Waals surface area contributed by atoms with Crippen molar-refractivity contribution in [3.8, 4) is 0 Å². The summed E-state index contributed by atoms with van der Waals surface area (Å²) in [4.78, 5) is 10.3. The molecule has 0 fully saturated rings. The van der Waals surface area contributed by atoms with Gasteiger partial charge in [-0.2, -0.15) is 0 Å². The van der Waals surface area contributed by atoms with E-state index < -0.39 is 14.9 Å². The minimum Gasteiger partial charge on any atom is -0.327 e. The second kappa shape index (κ2) is 8.58. The van der Waals surface area contributed by atoms with Crippen LogP contribution >= 0.6 is 12.4 Å². The van der Waals surface area contributed by atoms with Gasteiger partial charge in [0, 0.05) is 31.3 Å². The Balaban J connectivity index is 0.00000484. The lowest BCUT2D eigenvalue weighted by molar-refractivity contribution is -0.385. The lowest BCUT2D eigenvalue weighted by Crippen LogP contribution is -2.34. The van der Waals surface area contributed by atoms with E-state index in [1.54, 1.807) is 0 Å². The van der Waals surface area contributed by atoms with Crippen molar-refractivity contribution in [1.82, 2.24) is 4.31 Å². The van der Waals surface area contributed by atoms with Gasteiger partial charge in [-0.25, -0.2) is 12.7 Å². The highest BCUT2D eigenvalue weighted by atomic mass is 35.5. The molecule has 0 radical (unpaired) electrons. The number of aryl methyl sites for hydroxylation is 1. The van der Waals surface area contributed by atoms with Crippen LogP contribution in [-0.4, -0.2) is 37.3 Å². The maximum atomic E-state index is 12.5. The molecule has 1 rings (SSSR count). The zero-order valence-electron chi connectivity index (χ0n) is 13.7. The first-order valence-electron chi connectivity index (χ1n) is 7.04. The summed E-state index contributed by atoms with van der Waals surface area (Å²) in [5.41, 5.74) is 6.15. The van der Waals surface area contributed by atoms with E-state index in [9.17, 15) is 18.5 Å². The van der Waals surface area contributed by atoms with Gasteiger partial charge < -0.3 is 5.73 Å². The van der Waals surface area contributed by atoms with Crippen molar-refractivity contribution in [1.29, 1.82) is 0 Å². The summed E-state index contributed by atoms with van der Waals surface area (Å²) in [6.07, 6.45) is 0.555. The molecule has 23 heavy (non-hydrogen) atoms. The maximum absolute atomic E-state index is 12.5. The first-order chi connectivity index (χ1) is 10.1. The van der Waals surface area contributed by atoms with Crippen molar-refractivity contribution < 1.29 is 13.3 Å². The maximum Gasteiger partial charge on any atom is 0.272 e. The van der Waals surface area contributed by atoms with Crippen LogP contribution in [0.2, 0.25) is 0 Å². The van der Waals surface area contributed by atoms with Gasteiger partial charge in [0.1, 0.15) is 0 Å². The van der Waals surface area contributed by atoms with E-state index in [0.29, 0.717) is 18.5 Å². The molecular formula is C14H24ClN3O4S. The van der Waals surface area contributed by atoms with Crippen molar-refractivity contribution in [2.75, 3.05) is 13.6 Å². The molecule has 0 bridgehead atoms. The Morgan fingerprint density at radius 3 is 2.35 bits per heavy atom. The van der Waals surface area contributed by atoms with Gasteiger partial charge in [0.05, 0.1) is 9.82 Å². The van der Waals surface area contributed by atoms with Gasteiger partial charge in [-0.15, -0.1) is 12.4 Å². The Bertz CT molecular complexity index is 649. The number of nitrogens with two attached hydrogens (primary N) is 1. The van der Waals surface area contributed by atoms with E-state index in [1.807, 2.05) is 13.8 Å². The molecule has 0 amide bonds. The van der Waals surface area contributed by atoms with Crippen molar-refractivity contribution in [3.63, 3.8) is 0 Å². The zero-order valence-corrected chi connectivity index (χ0v) is 15.4. The second-order valence-electron chi connectivity index (χ2n) is 5.73. The van der Waals surface area contributed by atoms with Crippen molar-refractivity contribution in [3.05, 3.63) is 33.9 Å². The van der Waals surface area contributed by atoms with Crippen molar-refractivity contribution in [2.24, 2.45) is 11.7 Å². The number of nitro groups is 1. The predicted molar refractivity (Wildman–Crippen MR) is 92.3 cm³/mol. The Labute approximate surface area is 143 Å². The van der Waals surface area contributed by atoms with Gasteiger partial charge in [0.25, 0.3) is 5.69 Å². The summed E-state index contributed by atoms with van der Waals surface area (Å²) in [7, 11) is -2.18. The van der Waals surface area contributed by atoms with Crippen LogP contribution in [0.3, 0.4) is 0 Å². The van der Waals surface area contributed by atoms with Gasteiger partial charge in [0.15, 0.2) is 0 Å². The molecule has 1 atom stereocenters. The summed E-state index contributed by atoms with van der Waals surface area (Å²) < 4.78 is 26.2. The number of nitro benzene ring substituents is 1. The number of hydrogen-bond acceptors (Lipinski definition) is 5. The molecule has 0 aliphatic carbocycles. The number of benzene rings is 1. The average Bonchev–Trinajstić information content (AvgIpc) is 2.43. The first-order valence-corrected chi connectivity index (χ1v) is 8.48. The molecular weight excluding hydrogens is 342 g/mol. The number of rotatable bonds is 7. The summed E-state index contributed by atoms with van der Waals surface area (Å²) in [5, 5.41) is 10.8. The average molecular weight is 366 g/mol. The number of hydrogen-bond donors (Lipinski definition) is 1. The number of nitrogens with zero attached hydrogens (tertiary/aromatic N) is 2. The highest BCUT2D eigenvalue weighted by Crippen LogP contribution is 2.23. The second-order valence-corrected chi connectivity index (χ2v) is 7.77. The Morgan fingerprint density at radius 2 is 1.91 bits per heavy atom. The highest BCUT2D eigenvalue weighted by molar-refractivity contribution is 7.89. The van der Waals surface area contributed by atoms with Crippen LogP contribution in [0.4, 0.5) is 5.69 Å². The normalized spacial score (nSPS) is 13.0. The van der Waals surface area contributed by atoms with Gasteiger partial charge in [0.2, 0.25) is 10.0 Å². The van der Waals surface area contributed by atoms with Gasteiger partial charge >= 0.3 is 0 Å². The van der Waals surface area contributed by atoms with E-state index in [-0.39, 0.29) is 34.9 Å². The van der Waals surface area contributed by atoms with Crippen LogP contribution in [0.15, 0.2) is 23.1 Å². The molecule has 0 saturated heterocycles. The molecule has 1 aromatic carbocycles. The molecule has 132 valence electrons. The van der Waals surface area contributed by atoms with Crippen LogP contribution in [-0.2, 0) is 10.0 Å². The highest BCUT2D eigenvalue weighted by Gasteiger charge is 2.23. The van der Waals surface area contributed by atoms with Gasteiger partial charge in [-0.05, 0) is 31.4 Å². The zero-order chi connectivity index (χ0) is 17.1. The minimum atomic E-state index is -3.67. The van der Waals surface area contributed by atoms with Gasteiger partial charge in [-0.3, -0.25) is 10.1 Å². The summed E-state index contributed by atoms with van der Waals surface area (Å²) in [6, 6.07) is 3.73. The lowest BCUT2D eigenvalue weighted by Gasteiger charge is -2.21. The van der Waals surface area contributed by atoms with E-state index in [0.717, 1.165) is 0 Å². The predicted octanol–water partition coefficient (Wildman–Crippen LogP) is 2.32. The molecule has 0 saturated carbocycles. The standard InChI is InChI=1S/C14H23N3O4S.ClH/c1-10(2)13(15)7-8-16(4)22(20,21)12-5-6-14(17(18)19)11(3)9-12;/h5-6,9-10,13H,7-8,15H2,1-4H3;1H. The molecule has 2 N–H and O–H groups in total. The van der Waals surface area contributed by atoms with Crippen LogP contribution < -0.4 is 5.73 Å². The van der Waals surface area contributed by atoms with Crippen LogP contribution in [0, 0.1) is 23.0 Å². The summed E-state index contributed by atoms with van der Waals surface area (Å²) in [6.45, 7) is 5.79.